The largest absolute Gasteiger partial charge is 0.387 e. The number of hydrogen-bond acceptors (Lipinski definition) is 4. The highest BCUT2D eigenvalue weighted by Crippen LogP contribution is 2.15. The van der Waals surface area contributed by atoms with Crippen LogP contribution in [0.25, 0.3) is 0 Å². The van der Waals surface area contributed by atoms with E-state index in [4.69, 9.17) is 0 Å². The van der Waals surface area contributed by atoms with Crippen LogP contribution in [0, 0.1) is 0 Å². The van der Waals surface area contributed by atoms with Crippen molar-refractivity contribution in [3.8, 4) is 0 Å². The normalized spacial score (nSPS) is 19.1. The smallest absolute Gasteiger partial charge is 0.0960 e. The summed E-state index contributed by atoms with van der Waals surface area (Å²) in [6.45, 7) is 5.50. The lowest BCUT2D eigenvalue weighted by molar-refractivity contribution is 0.148. The Balaban J connectivity index is 1.67. The monoisotopic (exact) mass is 235 g/mol. The van der Waals surface area contributed by atoms with Gasteiger partial charge < -0.3 is 15.3 Å². The van der Waals surface area contributed by atoms with Crippen molar-refractivity contribution in [2.75, 3.05) is 32.7 Å². The number of pyridine rings is 1. The lowest BCUT2D eigenvalue weighted by Gasteiger charge is -2.27. The van der Waals surface area contributed by atoms with Crippen LogP contribution in [0.3, 0.4) is 0 Å². The Morgan fingerprint density at radius 2 is 2.18 bits per heavy atom. The number of aromatic nitrogens is 1. The molecule has 1 fully saturated rings. The second-order valence-electron chi connectivity index (χ2n) is 4.50. The summed E-state index contributed by atoms with van der Waals surface area (Å²) in [4.78, 5) is 6.62. The minimum Gasteiger partial charge on any atom is -0.387 e. The van der Waals surface area contributed by atoms with Crippen molar-refractivity contribution in [1.29, 1.82) is 0 Å². The maximum absolute atomic E-state index is 9.96. The lowest BCUT2D eigenvalue weighted by atomic mass is 10.1. The summed E-state index contributed by atoms with van der Waals surface area (Å²) in [5.41, 5.74) is 0.785. The summed E-state index contributed by atoms with van der Waals surface area (Å²) >= 11 is 0. The zero-order chi connectivity index (χ0) is 11.9. The van der Waals surface area contributed by atoms with Gasteiger partial charge in [-0.1, -0.05) is 6.07 Å². The number of hydrogen-bond donors (Lipinski definition) is 2. The van der Waals surface area contributed by atoms with Gasteiger partial charge in [0.1, 0.15) is 0 Å². The molecule has 0 aliphatic carbocycles. The van der Waals surface area contributed by atoms with E-state index in [1.807, 2.05) is 18.2 Å². The summed E-state index contributed by atoms with van der Waals surface area (Å²) in [7, 11) is 0. The summed E-state index contributed by atoms with van der Waals surface area (Å²) in [6.07, 6.45) is 3.13. The van der Waals surface area contributed by atoms with Crippen LogP contribution in [0.4, 0.5) is 0 Å². The molecule has 2 rings (SSSR count). The fourth-order valence-electron chi connectivity index (χ4n) is 2.16. The second-order valence-corrected chi connectivity index (χ2v) is 4.50. The van der Waals surface area contributed by atoms with Crippen LogP contribution in [-0.4, -0.2) is 47.7 Å². The molecule has 4 nitrogen and oxygen atoms in total. The summed E-state index contributed by atoms with van der Waals surface area (Å²) in [6, 6.07) is 5.67. The molecule has 94 valence electrons. The van der Waals surface area contributed by atoms with Crippen molar-refractivity contribution in [1.82, 2.24) is 15.2 Å². The highest BCUT2D eigenvalue weighted by atomic mass is 16.3. The standard InChI is InChI=1S/C13H21N3O/c17-13(12-4-1-2-6-15-12)5-3-9-16-10-7-14-8-11-16/h1-2,4,6,13-14,17H,3,5,7-11H2. The molecule has 2 N–H and O–H groups in total. The van der Waals surface area contributed by atoms with Crippen molar-refractivity contribution in [2.45, 2.75) is 18.9 Å². The molecule has 17 heavy (non-hydrogen) atoms. The van der Waals surface area contributed by atoms with Gasteiger partial charge in [-0.05, 0) is 31.5 Å². The SMILES string of the molecule is OC(CCCN1CCNCC1)c1ccccn1. The Morgan fingerprint density at radius 1 is 1.35 bits per heavy atom. The molecule has 1 atom stereocenters. The Hall–Kier alpha value is -0.970. The van der Waals surface area contributed by atoms with E-state index in [2.05, 4.69) is 15.2 Å². The molecule has 1 aromatic heterocycles. The maximum atomic E-state index is 9.96. The molecule has 1 saturated heterocycles. The van der Waals surface area contributed by atoms with Crippen LogP contribution >= 0.6 is 0 Å². The minimum atomic E-state index is -0.417. The molecule has 0 saturated carbocycles. The molecule has 1 aromatic rings. The summed E-state index contributed by atoms with van der Waals surface area (Å²) < 4.78 is 0. The van der Waals surface area contributed by atoms with Gasteiger partial charge in [-0.3, -0.25) is 4.98 Å². The van der Waals surface area contributed by atoms with Gasteiger partial charge in [0.25, 0.3) is 0 Å². The van der Waals surface area contributed by atoms with E-state index in [1.54, 1.807) is 6.20 Å². The molecule has 1 unspecified atom stereocenters. The van der Waals surface area contributed by atoms with Gasteiger partial charge in [-0.15, -0.1) is 0 Å². The maximum Gasteiger partial charge on any atom is 0.0960 e. The number of aliphatic hydroxyl groups excluding tert-OH is 1. The van der Waals surface area contributed by atoms with E-state index in [0.717, 1.165) is 51.3 Å². The van der Waals surface area contributed by atoms with Crippen molar-refractivity contribution in [2.24, 2.45) is 0 Å². The molecular weight excluding hydrogens is 214 g/mol. The van der Waals surface area contributed by atoms with Crippen molar-refractivity contribution in [3.05, 3.63) is 30.1 Å². The first-order valence-electron chi connectivity index (χ1n) is 6.38. The van der Waals surface area contributed by atoms with Crippen LogP contribution in [0.5, 0.6) is 0 Å². The molecule has 1 aliphatic rings. The Morgan fingerprint density at radius 3 is 2.88 bits per heavy atom. The van der Waals surface area contributed by atoms with Gasteiger partial charge in [-0.25, -0.2) is 0 Å². The van der Waals surface area contributed by atoms with Crippen LogP contribution in [0.2, 0.25) is 0 Å². The summed E-state index contributed by atoms with van der Waals surface area (Å²) in [5, 5.41) is 13.3. The molecule has 0 amide bonds. The number of rotatable bonds is 5. The van der Waals surface area contributed by atoms with E-state index in [0.29, 0.717) is 0 Å². The van der Waals surface area contributed by atoms with Crippen molar-refractivity contribution < 1.29 is 5.11 Å². The van der Waals surface area contributed by atoms with Crippen LogP contribution in [0.15, 0.2) is 24.4 Å². The Labute approximate surface area is 103 Å². The number of piperazine rings is 1. The van der Waals surface area contributed by atoms with E-state index in [-0.39, 0.29) is 0 Å². The van der Waals surface area contributed by atoms with Gasteiger partial charge in [0.2, 0.25) is 0 Å². The Bertz CT molecular complexity index is 312. The molecule has 2 heterocycles. The third-order valence-corrected chi connectivity index (χ3v) is 3.19. The average Bonchev–Trinajstić information content (AvgIpc) is 2.41. The second kappa shape index (κ2) is 6.69. The zero-order valence-corrected chi connectivity index (χ0v) is 10.2. The van der Waals surface area contributed by atoms with Gasteiger partial charge in [0.05, 0.1) is 11.8 Å². The molecule has 4 heteroatoms. The first-order chi connectivity index (χ1) is 8.36. The highest BCUT2D eigenvalue weighted by molar-refractivity contribution is 5.06. The quantitative estimate of drug-likeness (QED) is 0.792. The average molecular weight is 235 g/mol. The topological polar surface area (TPSA) is 48.4 Å². The predicted octanol–water partition coefficient (Wildman–Crippen LogP) is 0.800. The van der Waals surface area contributed by atoms with E-state index in [9.17, 15) is 5.11 Å². The predicted molar refractivity (Wildman–Crippen MR) is 67.7 cm³/mol. The van der Waals surface area contributed by atoms with Crippen molar-refractivity contribution in [3.63, 3.8) is 0 Å². The summed E-state index contributed by atoms with van der Waals surface area (Å²) in [5.74, 6) is 0. The number of aliphatic hydroxyl groups is 1. The van der Waals surface area contributed by atoms with Gasteiger partial charge in [0, 0.05) is 32.4 Å². The number of nitrogens with one attached hydrogen (secondary N) is 1. The molecule has 0 radical (unpaired) electrons. The minimum absolute atomic E-state index is 0.417. The molecule has 0 spiro atoms. The zero-order valence-electron chi connectivity index (χ0n) is 10.2. The van der Waals surface area contributed by atoms with Crippen LogP contribution < -0.4 is 5.32 Å². The first kappa shape index (κ1) is 12.5. The molecule has 1 aliphatic heterocycles. The fraction of sp³-hybridized carbons (Fsp3) is 0.615. The molecular formula is C13H21N3O. The van der Waals surface area contributed by atoms with Crippen LogP contribution in [0.1, 0.15) is 24.6 Å². The lowest BCUT2D eigenvalue weighted by Crippen LogP contribution is -2.43. The highest BCUT2D eigenvalue weighted by Gasteiger charge is 2.11. The number of nitrogens with zero attached hydrogens (tertiary/aromatic N) is 2. The molecule has 0 aromatic carbocycles. The van der Waals surface area contributed by atoms with E-state index in [1.165, 1.54) is 0 Å². The first-order valence-corrected chi connectivity index (χ1v) is 6.38. The van der Waals surface area contributed by atoms with Gasteiger partial charge in [0.15, 0.2) is 0 Å². The van der Waals surface area contributed by atoms with Gasteiger partial charge in [-0.2, -0.15) is 0 Å². The third-order valence-electron chi connectivity index (χ3n) is 3.19. The van der Waals surface area contributed by atoms with Crippen LogP contribution in [-0.2, 0) is 0 Å². The fourth-order valence-corrected chi connectivity index (χ4v) is 2.16. The van der Waals surface area contributed by atoms with Crippen molar-refractivity contribution >= 4 is 0 Å². The van der Waals surface area contributed by atoms with Gasteiger partial charge >= 0.3 is 0 Å². The van der Waals surface area contributed by atoms with E-state index >= 15 is 0 Å². The van der Waals surface area contributed by atoms with E-state index < -0.39 is 6.10 Å². The third kappa shape index (κ3) is 4.07. The molecule has 0 bridgehead atoms. The Kier molecular flexibility index (Phi) is 4.91.